The Labute approximate surface area is 126 Å². The van der Waals surface area contributed by atoms with Crippen LogP contribution in [0.15, 0.2) is 18.2 Å². The Morgan fingerprint density at radius 3 is 2.95 bits per heavy atom. The minimum atomic E-state index is 0.327. The standard InChI is InChI=1S/C17H25N3O/c1-3-9-20-16-8-7-14(21-2)11-15(16)19-17(20)12-5-4-6-13(18)10-12/h7-8,11-13H,3-6,9-10,18H2,1-2H3. The third kappa shape index (κ3) is 2.77. The first-order valence-corrected chi connectivity index (χ1v) is 8.02. The van der Waals surface area contributed by atoms with Crippen LogP contribution in [0.2, 0.25) is 0 Å². The fourth-order valence-corrected chi connectivity index (χ4v) is 3.49. The molecule has 1 aliphatic rings. The van der Waals surface area contributed by atoms with Crippen LogP contribution >= 0.6 is 0 Å². The number of imidazole rings is 1. The minimum Gasteiger partial charge on any atom is -0.497 e. The summed E-state index contributed by atoms with van der Waals surface area (Å²) in [6.07, 6.45) is 5.74. The van der Waals surface area contributed by atoms with Crippen LogP contribution in [0, 0.1) is 0 Å². The maximum atomic E-state index is 6.17. The number of ether oxygens (including phenoxy) is 1. The molecule has 1 aromatic carbocycles. The molecule has 2 aromatic rings. The zero-order chi connectivity index (χ0) is 14.8. The highest BCUT2D eigenvalue weighted by molar-refractivity contribution is 5.78. The number of nitrogens with zero attached hydrogens (tertiary/aromatic N) is 2. The highest BCUT2D eigenvalue weighted by Gasteiger charge is 2.25. The number of hydrogen-bond acceptors (Lipinski definition) is 3. The van der Waals surface area contributed by atoms with Crippen LogP contribution in [-0.2, 0) is 6.54 Å². The van der Waals surface area contributed by atoms with E-state index in [2.05, 4.69) is 17.6 Å². The maximum absolute atomic E-state index is 6.17. The van der Waals surface area contributed by atoms with Crippen LogP contribution in [0.5, 0.6) is 5.75 Å². The van der Waals surface area contributed by atoms with Crippen molar-refractivity contribution in [1.29, 1.82) is 0 Å². The van der Waals surface area contributed by atoms with Crippen LogP contribution in [-0.4, -0.2) is 22.7 Å². The lowest BCUT2D eigenvalue weighted by Crippen LogP contribution is -2.28. The molecule has 0 aliphatic heterocycles. The van der Waals surface area contributed by atoms with Crippen molar-refractivity contribution in [1.82, 2.24) is 9.55 Å². The van der Waals surface area contributed by atoms with Gasteiger partial charge in [0.15, 0.2) is 0 Å². The predicted octanol–water partition coefficient (Wildman–Crippen LogP) is 3.44. The number of rotatable bonds is 4. The van der Waals surface area contributed by atoms with Gasteiger partial charge in [-0.3, -0.25) is 0 Å². The fraction of sp³-hybridized carbons (Fsp3) is 0.588. The van der Waals surface area contributed by atoms with Crippen molar-refractivity contribution in [3.05, 3.63) is 24.0 Å². The van der Waals surface area contributed by atoms with E-state index in [9.17, 15) is 0 Å². The Hall–Kier alpha value is -1.55. The first kappa shape index (κ1) is 14.4. The largest absolute Gasteiger partial charge is 0.497 e. The van der Waals surface area contributed by atoms with Crippen molar-refractivity contribution >= 4 is 11.0 Å². The summed E-state index contributed by atoms with van der Waals surface area (Å²) in [5.41, 5.74) is 8.42. The lowest BCUT2D eigenvalue weighted by Gasteiger charge is -2.26. The van der Waals surface area contributed by atoms with E-state index in [1.807, 2.05) is 12.1 Å². The number of methoxy groups -OCH3 is 1. The van der Waals surface area contributed by atoms with Gasteiger partial charge < -0.3 is 15.0 Å². The Kier molecular flexibility index (Phi) is 4.15. The summed E-state index contributed by atoms with van der Waals surface area (Å²) in [5.74, 6) is 2.59. The van der Waals surface area contributed by atoms with Gasteiger partial charge in [0.1, 0.15) is 11.6 Å². The molecular weight excluding hydrogens is 262 g/mol. The average molecular weight is 287 g/mol. The Morgan fingerprint density at radius 2 is 2.24 bits per heavy atom. The lowest BCUT2D eigenvalue weighted by molar-refractivity contribution is 0.374. The van der Waals surface area contributed by atoms with Gasteiger partial charge in [0.05, 0.1) is 18.1 Å². The highest BCUT2D eigenvalue weighted by Crippen LogP contribution is 2.34. The first-order valence-electron chi connectivity index (χ1n) is 8.02. The molecule has 21 heavy (non-hydrogen) atoms. The predicted molar refractivity (Wildman–Crippen MR) is 85.8 cm³/mol. The second-order valence-corrected chi connectivity index (χ2v) is 6.10. The monoisotopic (exact) mass is 287 g/mol. The molecule has 1 heterocycles. The number of hydrogen-bond donors (Lipinski definition) is 1. The molecule has 3 rings (SSSR count). The molecule has 0 spiro atoms. The van der Waals surface area contributed by atoms with E-state index < -0.39 is 0 Å². The van der Waals surface area contributed by atoms with Crippen LogP contribution < -0.4 is 10.5 Å². The minimum absolute atomic E-state index is 0.327. The van der Waals surface area contributed by atoms with Gasteiger partial charge in [0.25, 0.3) is 0 Å². The Bertz CT molecular complexity index is 620. The normalized spacial score (nSPS) is 22.6. The number of fused-ring (bicyclic) bond motifs is 1. The molecule has 4 heteroatoms. The third-order valence-corrected chi connectivity index (χ3v) is 4.51. The summed E-state index contributed by atoms with van der Waals surface area (Å²) in [6.45, 7) is 3.23. The summed E-state index contributed by atoms with van der Waals surface area (Å²) in [4.78, 5) is 4.93. The SMILES string of the molecule is CCCn1c(C2CCCC(N)C2)nc2cc(OC)ccc21. The second kappa shape index (κ2) is 6.06. The highest BCUT2D eigenvalue weighted by atomic mass is 16.5. The van der Waals surface area contributed by atoms with Gasteiger partial charge in [-0.05, 0) is 37.8 Å². The van der Waals surface area contributed by atoms with E-state index in [4.69, 9.17) is 15.5 Å². The van der Waals surface area contributed by atoms with Crippen molar-refractivity contribution in [3.63, 3.8) is 0 Å². The molecule has 2 atom stereocenters. The van der Waals surface area contributed by atoms with Crippen LogP contribution in [0.25, 0.3) is 11.0 Å². The van der Waals surface area contributed by atoms with E-state index in [1.54, 1.807) is 7.11 Å². The number of aromatic nitrogens is 2. The van der Waals surface area contributed by atoms with Crippen molar-refractivity contribution in [2.75, 3.05) is 7.11 Å². The zero-order valence-corrected chi connectivity index (χ0v) is 13.0. The van der Waals surface area contributed by atoms with E-state index in [0.29, 0.717) is 12.0 Å². The van der Waals surface area contributed by atoms with Gasteiger partial charge in [-0.25, -0.2) is 4.98 Å². The lowest BCUT2D eigenvalue weighted by atomic mass is 9.85. The zero-order valence-electron chi connectivity index (χ0n) is 13.0. The van der Waals surface area contributed by atoms with Crippen LogP contribution in [0.4, 0.5) is 0 Å². The maximum Gasteiger partial charge on any atom is 0.121 e. The third-order valence-electron chi connectivity index (χ3n) is 4.51. The molecule has 2 N–H and O–H groups in total. The fourth-order valence-electron chi connectivity index (χ4n) is 3.49. The topological polar surface area (TPSA) is 53.1 Å². The Morgan fingerprint density at radius 1 is 1.38 bits per heavy atom. The summed E-state index contributed by atoms with van der Waals surface area (Å²) in [5, 5.41) is 0. The van der Waals surface area contributed by atoms with Crippen LogP contribution in [0.1, 0.15) is 50.8 Å². The van der Waals surface area contributed by atoms with Crippen molar-refractivity contribution in [2.45, 2.75) is 57.5 Å². The van der Waals surface area contributed by atoms with Gasteiger partial charge in [-0.2, -0.15) is 0 Å². The molecule has 1 saturated carbocycles. The number of aryl methyl sites for hydroxylation is 1. The smallest absolute Gasteiger partial charge is 0.121 e. The quantitative estimate of drug-likeness (QED) is 0.937. The molecule has 0 bridgehead atoms. The molecule has 0 amide bonds. The van der Waals surface area contributed by atoms with Crippen molar-refractivity contribution in [2.24, 2.45) is 5.73 Å². The summed E-state index contributed by atoms with van der Waals surface area (Å²) < 4.78 is 7.71. The average Bonchev–Trinajstić information content (AvgIpc) is 2.85. The van der Waals surface area contributed by atoms with Gasteiger partial charge >= 0.3 is 0 Å². The van der Waals surface area contributed by atoms with Crippen molar-refractivity contribution in [3.8, 4) is 5.75 Å². The summed E-state index contributed by atoms with van der Waals surface area (Å²) in [6, 6.07) is 6.51. The van der Waals surface area contributed by atoms with Gasteiger partial charge in [0.2, 0.25) is 0 Å². The molecule has 1 aromatic heterocycles. The number of nitrogens with two attached hydrogens (primary N) is 1. The van der Waals surface area contributed by atoms with Gasteiger partial charge in [-0.15, -0.1) is 0 Å². The molecule has 4 nitrogen and oxygen atoms in total. The van der Waals surface area contributed by atoms with E-state index in [-0.39, 0.29) is 0 Å². The molecular formula is C17H25N3O. The molecule has 1 fully saturated rings. The summed E-state index contributed by atoms with van der Waals surface area (Å²) >= 11 is 0. The van der Waals surface area contributed by atoms with E-state index >= 15 is 0 Å². The van der Waals surface area contributed by atoms with Crippen molar-refractivity contribution < 1.29 is 4.74 Å². The molecule has 0 saturated heterocycles. The van der Waals surface area contributed by atoms with E-state index in [0.717, 1.165) is 37.1 Å². The number of benzene rings is 1. The molecule has 1 aliphatic carbocycles. The second-order valence-electron chi connectivity index (χ2n) is 6.10. The van der Waals surface area contributed by atoms with Gasteiger partial charge in [0, 0.05) is 24.6 Å². The Balaban J connectivity index is 2.05. The van der Waals surface area contributed by atoms with Crippen LogP contribution in [0.3, 0.4) is 0 Å². The van der Waals surface area contributed by atoms with Gasteiger partial charge in [-0.1, -0.05) is 13.3 Å². The molecule has 2 unspecified atom stereocenters. The first-order chi connectivity index (χ1) is 10.2. The summed E-state index contributed by atoms with van der Waals surface area (Å²) in [7, 11) is 1.70. The molecule has 114 valence electrons. The molecule has 0 radical (unpaired) electrons. The van der Waals surface area contributed by atoms with E-state index in [1.165, 1.54) is 24.2 Å².